The monoisotopic (exact) mass is 267 g/mol. The molecule has 98 valence electrons. The van der Waals surface area contributed by atoms with Crippen molar-refractivity contribution in [1.82, 2.24) is 15.3 Å². The summed E-state index contributed by atoms with van der Waals surface area (Å²) in [7, 11) is 1.59. The predicted octanol–water partition coefficient (Wildman–Crippen LogP) is -0.00848. The highest BCUT2D eigenvalue weighted by molar-refractivity contribution is 7.80. The minimum Gasteiger partial charge on any atom is -0.388 e. The molecule has 0 aromatic carbocycles. The molecule has 0 radical (unpaired) electrons. The Labute approximate surface area is 112 Å². The average Bonchev–Trinajstić information content (AvgIpc) is 2.34. The number of rotatable bonds is 5. The molecule has 1 amide bonds. The number of aromatic nitrogens is 2. The van der Waals surface area contributed by atoms with E-state index in [1.54, 1.807) is 18.0 Å². The first-order valence-electron chi connectivity index (χ1n) is 5.59. The summed E-state index contributed by atoms with van der Waals surface area (Å²) in [5.74, 6) is 0.364. The molecule has 0 aliphatic heterocycles. The third kappa shape index (κ3) is 3.63. The normalized spacial score (nSPS) is 9.94. The van der Waals surface area contributed by atoms with Gasteiger partial charge in [-0.3, -0.25) is 4.79 Å². The quantitative estimate of drug-likeness (QED) is 0.730. The van der Waals surface area contributed by atoms with E-state index in [2.05, 4.69) is 15.3 Å². The molecule has 1 aromatic heterocycles. The molecule has 0 unspecified atom stereocenters. The van der Waals surface area contributed by atoms with Crippen LogP contribution < -0.4 is 16.0 Å². The Hall–Kier alpha value is -1.76. The maximum atomic E-state index is 11.4. The van der Waals surface area contributed by atoms with Crippen molar-refractivity contribution >= 4 is 29.1 Å². The predicted molar refractivity (Wildman–Crippen MR) is 74.6 cm³/mol. The van der Waals surface area contributed by atoms with Crippen LogP contribution in [0.5, 0.6) is 0 Å². The number of hydrogen-bond donors (Lipinski definition) is 2. The number of amides is 1. The lowest BCUT2D eigenvalue weighted by molar-refractivity contribution is -0.119. The van der Waals surface area contributed by atoms with Crippen LogP contribution in [0.3, 0.4) is 0 Å². The maximum Gasteiger partial charge on any atom is 0.239 e. The van der Waals surface area contributed by atoms with Gasteiger partial charge in [-0.15, -0.1) is 0 Å². The zero-order chi connectivity index (χ0) is 13.7. The molecule has 1 heterocycles. The largest absolute Gasteiger partial charge is 0.388 e. The van der Waals surface area contributed by atoms with Crippen LogP contribution in [0, 0.1) is 6.92 Å². The second-order valence-electron chi connectivity index (χ2n) is 3.75. The highest BCUT2D eigenvalue weighted by Gasteiger charge is 2.13. The summed E-state index contributed by atoms with van der Waals surface area (Å²) in [6.07, 6.45) is 0. The number of nitrogens with one attached hydrogen (secondary N) is 1. The number of aryl methyl sites for hydroxylation is 1. The van der Waals surface area contributed by atoms with Gasteiger partial charge in [-0.2, -0.15) is 0 Å². The first kappa shape index (κ1) is 14.3. The number of carbonyl (C=O) groups excluding carboxylic acids is 1. The molecular formula is C11H17N5OS. The van der Waals surface area contributed by atoms with E-state index in [1.807, 2.05) is 13.8 Å². The van der Waals surface area contributed by atoms with Crippen molar-refractivity contribution in [1.29, 1.82) is 0 Å². The molecule has 0 aliphatic rings. The lowest BCUT2D eigenvalue weighted by Gasteiger charge is -2.20. The maximum absolute atomic E-state index is 11.4. The summed E-state index contributed by atoms with van der Waals surface area (Å²) in [4.78, 5) is 21.9. The topological polar surface area (TPSA) is 84.1 Å². The van der Waals surface area contributed by atoms with Gasteiger partial charge in [-0.05, 0) is 19.9 Å². The third-order valence-electron chi connectivity index (χ3n) is 2.37. The Bertz CT molecular complexity index is 463. The summed E-state index contributed by atoms with van der Waals surface area (Å²) < 4.78 is 0. The summed E-state index contributed by atoms with van der Waals surface area (Å²) >= 11 is 4.90. The Morgan fingerprint density at radius 3 is 2.72 bits per heavy atom. The highest BCUT2D eigenvalue weighted by atomic mass is 32.1. The van der Waals surface area contributed by atoms with Gasteiger partial charge in [0.05, 0.1) is 6.54 Å². The van der Waals surface area contributed by atoms with Crippen molar-refractivity contribution in [2.24, 2.45) is 5.73 Å². The van der Waals surface area contributed by atoms with Gasteiger partial charge >= 0.3 is 0 Å². The van der Waals surface area contributed by atoms with Gasteiger partial charge < -0.3 is 16.0 Å². The van der Waals surface area contributed by atoms with Crippen molar-refractivity contribution < 1.29 is 4.79 Å². The lowest BCUT2D eigenvalue weighted by atomic mass is 10.3. The Balaban J connectivity index is 3.05. The molecule has 0 fully saturated rings. The van der Waals surface area contributed by atoms with Gasteiger partial charge in [0.15, 0.2) is 0 Å². The van der Waals surface area contributed by atoms with Crippen molar-refractivity contribution in [3.63, 3.8) is 0 Å². The number of carbonyl (C=O) groups is 1. The number of nitrogens with zero attached hydrogens (tertiary/aromatic N) is 3. The number of thiocarbonyl (C=S) groups is 1. The number of nitrogens with two attached hydrogens (primary N) is 1. The summed E-state index contributed by atoms with van der Waals surface area (Å²) in [5.41, 5.74) is 6.84. The fourth-order valence-corrected chi connectivity index (χ4v) is 1.50. The zero-order valence-electron chi connectivity index (χ0n) is 10.7. The van der Waals surface area contributed by atoms with Gasteiger partial charge in [0.25, 0.3) is 0 Å². The smallest absolute Gasteiger partial charge is 0.239 e. The summed E-state index contributed by atoms with van der Waals surface area (Å²) in [6, 6.07) is 1.72. The molecule has 0 saturated heterocycles. The van der Waals surface area contributed by atoms with E-state index < -0.39 is 0 Å². The highest BCUT2D eigenvalue weighted by Crippen LogP contribution is 2.10. The molecule has 0 spiro atoms. The Morgan fingerprint density at radius 1 is 1.56 bits per heavy atom. The van der Waals surface area contributed by atoms with Crippen LogP contribution in [-0.2, 0) is 4.79 Å². The van der Waals surface area contributed by atoms with E-state index in [0.29, 0.717) is 18.2 Å². The minimum atomic E-state index is -0.0983. The van der Waals surface area contributed by atoms with Crippen LogP contribution >= 0.6 is 12.2 Å². The first-order chi connectivity index (χ1) is 8.47. The average molecular weight is 267 g/mol. The second-order valence-corrected chi connectivity index (χ2v) is 4.19. The number of likely N-dealkylation sites (N-methyl/N-ethyl adjacent to an activating group) is 2. The number of hydrogen-bond acceptors (Lipinski definition) is 5. The van der Waals surface area contributed by atoms with E-state index in [1.165, 1.54) is 0 Å². The van der Waals surface area contributed by atoms with Gasteiger partial charge in [0.1, 0.15) is 10.7 Å². The van der Waals surface area contributed by atoms with Crippen LogP contribution in [-0.4, -0.2) is 41.0 Å². The van der Waals surface area contributed by atoms with Crippen molar-refractivity contribution in [3.05, 3.63) is 17.5 Å². The van der Waals surface area contributed by atoms with E-state index in [-0.39, 0.29) is 17.4 Å². The van der Waals surface area contributed by atoms with E-state index in [9.17, 15) is 4.79 Å². The molecular weight excluding hydrogens is 250 g/mol. The molecule has 0 aliphatic carbocycles. The van der Waals surface area contributed by atoms with Gasteiger partial charge in [0.2, 0.25) is 11.9 Å². The third-order valence-corrected chi connectivity index (χ3v) is 2.58. The summed E-state index contributed by atoms with van der Waals surface area (Å²) in [6.45, 7) is 4.58. The molecule has 7 heteroatoms. The van der Waals surface area contributed by atoms with Crippen molar-refractivity contribution in [2.45, 2.75) is 13.8 Å². The van der Waals surface area contributed by atoms with Crippen LogP contribution in [0.15, 0.2) is 6.07 Å². The lowest BCUT2D eigenvalue weighted by Crippen LogP contribution is -2.36. The molecule has 18 heavy (non-hydrogen) atoms. The SMILES string of the molecule is CCN(CC(=O)NC)c1nc(C)cc(C(N)=S)n1. The molecule has 0 atom stereocenters. The van der Waals surface area contributed by atoms with Gasteiger partial charge in [-0.25, -0.2) is 9.97 Å². The second kappa shape index (κ2) is 6.25. The van der Waals surface area contributed by atoms with Gasteiger partial charge in [-0.1, -0.05) is 12.2 Å². The van der Waals surface area contributed by atoms with Crippen LogP contribution in [0.1, 0.15) is 18.3 Å². The first-order valence-corrected chi connectivity index (χ1v) is 5.99. The van der Waals surface area contributed by atoms with Crippen molar-refractivity contribution in [2.75, 3.05) is 25.0 Å². The van der Waals surface area contributed by atoms with E-state index in [0.717, 1.165) is 5.69 Å². The van der Waals surface area contributed by atoms with E-state index >= 15 is 0 Å². The molecule has 1 rings (SSSR count). The molecule has 0 saturated carbocycles. The fraction of sp³-hybridized carbons (Fsp3) is 0.455. The zero-order valence-corrected chi connectivity index (χ0v) is 11.5. The molecule has 0 bridgehead atoms. The summed E-state index contributed by atoms with van der Waals surface area (Å²) in [5, 5.41) is 2.56. The Kier molecular flexibility index (Phi) is 4.96. The molecule has 6 nitrogen and oxygen atoms in total. The Morgan fingerprint density at radius 2 is 2.22 bits per heavy atom. The fourth-order valence-electron chi connectivity index (χ4n) is 1.40. The van der Waals surface area contributed by atoms with Crippen LogP contribution in [0.25, 0.3) is 0 Å². The number of anilines is 1. The minimum absolute atomic E-state index is 0.0983. The molecule has 3 N–H and O–H groups in total. The standard InChI is InChI=1S/C11H17N5OS/c1-4-16(6-9(17)13-3)11-14-7(2)5-8(15-11)10(12)18/h5H,4,6H2,1-3H3,(H2,12,18)(H,13,17). The molecule has 1 aromatic rings. The van der Waals surface area contributed by atoms with Crippen LogP contribution in [0.2, 0.25) is 0 Å². The van der Waals surface area contributed by atoms with E-state index in [4.69, 9.17) is 18.0 Å². The van der Waals surface area contributed by atoms with Gasteiger partial charge in [0, 0.05) is 19.3 Å². The van der Waals surface area contributed by atoms with Crippen molar-refractivity contribution in [3.8, 4) is 0 Å². The van der Waals surface area contributed by atoms with Crippen LogP contribution in [0.4, 0.5) is 5.95 Å².